The highest BCUT2D eigenvalue weighted by molar-refractivity contribution is 5.95. The number of fused-ring (bicyclic) bond motifs is 4. The van der Waals surface area contributed by atoms with Crippen LogP contribution in [0.3, 0.4) is 0 Å². The fourth-order valence-electron chi connectivity index (χ4n) is 3.86. The van der Waals surface area contributed by atoms with Crippen LogP contribution in [0.5, 0.6) is 0 Å². The SMILES string of the molecule is Cc1c(C(=O)N2C[C@H]3COC[C@@H]2CN(CC(=O)O)C3)cnc2ccnn12. The number of amides is 1. The number of ether oxygens (including phenoxy) is 1. The molecule has 0 spiro atoms. The van der Waals surface area contributed by atoms with E-state index in [2.05, 4.69) is 10.1 Å². The Morgan fingerprint density at radius 3 is 2.96 bits per heavy atom. The minimum atomic E-state index is -0.854. The lowest BCUT2D eigenvalue weighted by atomic mass is 10.1. The molecular formula is C17H21N5O4. The van der Waals surface area contributed by atoms with E-state index >= 15 is 0 Å². The molecule has 26 heavy (non-hydrogen) atoms. The van der Waals surface area contributed by atoms with Crippen molar-refractivity contribution in [2.45, 2.75) is 13.0 Å². The van der Waals surface area contributed by atoms with Crippen molar-refractivity contribution in [1.82, 2.24) is 24.4 Å². The summed E-state index contributed by atoms with van der Waals surface area (Å²) in [5.41, 5.74) is 1.95. The van der Waals surface area contributed by atoms with Crippen LogP contribution in [-0.2, 0) is 9.53 Å². The number of rotatable bonds is 3. The Morgan fingerprint density at radius 1 is 1.31 bits per heavy atom. The average Bonchev–Trinajstić information content (AvgIpc) is 2.89. The van der Waals surface area contributed by atoms with E-state index in [1.165, 1.54) is 0 Å². The van der Waals surface area contributed by atoms with E-state index in [0.717, 1.165) is 5.69 Å². The number of carboxylic acid groups (broad SMARTS) is 1. The lowest BCUT2D eigenvalue weighted by Crippen LogP contribution is -2.47. The first-order valence-corrected chi connectivity index (χ1v) is 8.65. The summed E-state index contributed by atoms with van der Waals surface area (Å²) in [4.78, 5) is 32.4. The van der Waals surface area contributed by atoms with Crippen LogP contribution in [0.4, 0.5) is 0 Å². The molecule has 0 radical (unpaired) electrons. The third-order valence-electron chi connectivity index (χ3n) is 5.05. The number of carboxylic acids is 1. The second-order valence-corrected chi connectivity index (χ2v) is 6.96. The number of aromatic nitrogens is 3. The van der Waals surface area contributed by atoms with Crippen molar-refractivity contribution in [3.05, 3.63) is 29.7 Å². The number of nitrogens with zero attached hydrogens (tertiary/aromatic N) is 5. The van der Waals surface area contributed by atoms with Gasteiger partial charge in [-0.3, -0.25) is 14.5 Å². The van der Waals surface area contributed by atoms with Gasteiger partial charge in [-0.25, -0.2) is 9.50 Å². The van der Waals surface area contributed by atoms with Gasteiger partial charge >= 0.3 is 5.97 Å². The lowest BCUT2D eigenvalue weighted by molar-refractivity contribution is -0.138. The topological polar surface area (TPSA) is 100 Å². The van der Waals surface area contributed by atoms with E-state index in [1.54, 1.807) is 23.0 Å². The molecule has 2 aromatic heterocycles. The first-order valence-electron chi connectivity index (χ1n) is 8.65. The molecule has 2 aromatic rings. The molecule has 2 aliphatic rings. The molecule has 2 bridgehead atoms. The zero-order valence-corrected chi connectivity index (χ0v) is 14.5. The third-order valence-corrected chi connectivity index (χ3v) is 5.05. The van der Waals surface area contributed by atoms with E-state index < -0.39 is 5.97 Å². The van der Waals surface area contributed by atoms with Crippen molar-refractivity contribution in [1.29, 1.82) is 0 Å². The average molecular weight is 359 g/mol. The van der Waals surface area contributed by atoms with Crippen LogP contribution in [0.15, 0.2) is 18.5 Å². The van der Waals surface area contributed by atoms with Crippen molar-refractivity contribution in [2.75, 3.05) is 39.4 Å². The molecule has 0 aromatic carbocycles. The van der Waals surface area contributed by atoms with Gasteiger partial charge < -0.3 is 14.7 Å². The predicted molar refractivity (Wildman–Crippen MR) is 90.9 cm³/mol. The van der Waals surface area contributed by atoms with Gasteiger partial charge in [0.15, 0.2) is 5.65 Å². The Hall–Kier alpha value is -2.52. The van der Waals surface area contributed by atoms with Crippen LogP contribution < -0.4 is 0 Å². The van der Waals surface area contributed by atoms with Gasteiger partial charge in [-0.15, -0.1) is 0 Å². The first kappa shape index (κ1) is 16.9. The molecule has 9 nitrogen and oxygen atoms in total. The van der Waals surface area contributed by atoms with Gasteiger partial charge in [-0.05, 0) is 6.92 Å². The molecule has 2 atom stereocenters. The molecule has 0 saturated carbocycles. The van der Waals surface area contributed by atoms with E-state index in [0.29, 0.717) is 44.1 Å². The minimum Gasteiger partial charge on any atom is -0.480 e. The molecule has 1 N–H and O–H groups in total. The van der Waals surface area contributed by atoms with Crippen molar-refractivity contribution in [3.63, 3.8) is 0 Å². The van der Waals surface area contributed by atoms with Crippen molar-refractivity contribution < 1.29 is 19.4 Å². The molecule has 4 heterocycles. The summed E-state index contributed by atoms with van der Waals surface area (Å²) in [5.74, 6) is -0.870. The maximum atomic E-state index is 13.3. The van der Waals surface area contributed by atoms with Crippen LogP contribution in [0.2, 0.25) is 0 Å². The fourth-order valence-corrected chi connectivity index (χ4v) is 3.86. The Labute approximate surface area is 150 Å². The zero-order valence-electron chi connectivity index (χ0n) is 14.5. The smallest absolute Gasteiger partial charge is 0.317 e. The molecular weight excluding hydrogens is 338 g/mol. The van der Waals surface area contributed by atoms with E-state index in [9.17, 15) is 9.59 Å². The molecule has 2 fully saturated rings. The van der Waals surface area contributed by atoms with Crippen molar-refractivity contribution in [2.24, 2.45) is 5.92 Å². The summed E-state index contributed by atoms with van der Waals surface area (Å²) in [6.07, 6.45) is 3.25. The monoisotopic (exact) mass is 359 g/mol. The van der Waals surface area contributed by atoms with Gasteiger partial charge in [-0.1, -0.05) is 0 Å². The number of carbonyl (C=O) groups excluding carboxylic acids is 1. The van der Waals surface area contributed by atoms with Gasteiger partial charge in [0.25, 0.3) is 5.91 Å². The zero-order chi connectivity index (χ0) is 18.3. The Kier molecular flexibility index (Phi) is 4.33. The second-order valence-electron chi connectivity index (χ2n) is 6.96. The highest BCUT2D eigenvalue weighted by Crippen LogP contribution is 2.22. The van der Waals surface area contributed by atoms with Gasteiger partial charge in [0.2, 0.25) is 0 Å². The second kappa shape index (κ2) is 6.65. The van der Waals surface area contributed by atoms with Crippen LogP contribution in [0.25, 0.3) is 5.65 Å². The van der Waals surface area contributed by atoms with Crippen molar-refractivity contribution in [3.8, 4) is 0 Å². The van der Waals surface area contributed by atoms with Gasteiger partial charge in [-0.2, -0.15) is 5.10 Å². The van der Waals surface area contributed by atoms with Gasteiger partial charge in [0.1, 0.15) is 0 Å². The van der Waals surface area contributed by atoms with E-state index in [-0.39, 0.29) is 24.4 Å². The van der Waals surface area contributed by atoms with Crippen molar-refractivity contribution >= 4 is 17.5 Å². The third kappa shape index (κ3) is 3.04. The molecule has 138 valence electrons. The predicted octanol–water partition coefficient (Wildman–Crippen LogP) is -0.105. The Balaban J connectivity index is 1.64. The quantitative estimate of drug-likeness (QED) is 0.816. The molecule has 0 unspecified atom stereocenters. The number of hydrogen-bond donors (Lipinski definition) is 1. The minimum absolute atomic E-state index is 0.0190. The first-order chi connectivity index (χ1) is 12.5. The number of aliphatic carboxylic acids is 1. The molecule has 0 aliphatic carbocycles. The largest absolute Gasteiger partial charge is 0.480 e. The highest BCUT2D eigenvalue weighted by Gasteiger charge is 2.37. The molecule has 9 heteroatoms. The maximum Gasteiger partial charge on any atom is 0.317 e. The molecule has 1 amide bonds. The standard InChI is InChI=1S/C17H21N5O4/c1-11-14(4-18-15-2-3-19-22(11)15)17(25)21-6-12-5-20(8-16(23)24)7-13(21)10-26-9-12/h2-4,12-13H,5-10H2,1H3,(H,23,24)/t12-,13-/m0/s1. The summed E-state index contributed by atoms with van der Waals surface area (Å²) in [6.45, 7) is 4.44. The normalized spacial score (nSPS) is 23.8. The number of carbonyl (C=O) groups is 2. The van der Waals surface area contributed by atoms with Crippen LogP contribution in [0, 0.1) is 12.8 Å². The Bertz CT molecular complexity index is 851. The summed E-state index contributed by atoms with van der Waals surface area (Å²) in [6, 6.07) is 1.61. The molecule has 2 aliphatic heterocycles. The molecule has 2 saturated heterocycles. The summed E-state index contributed by atoms with van der Waals surface area (Å²) < 4.78 is 7.38. The summed E-state index contributed by atoms with van der Waals surface area (Å²) in [5, 5.41) is 13.3. The molecule has 4 rings (SSSR count). The number of hydrogen-bond acceptors (Lipinski definition) is 6. The van der Waals surface area contributed by atoms with E-state index in [4.69, 9.17) is 9.84 Å². The van der Waals surface area contributed by atoms with Gasteiger partial charge in [0.05, 0.1) is 43.3 Å². The van der Waals surface area contributed by atoms with Crippen LogP contribution in [-0.4, -0.2) is 86.8 Å². The fraction of sp³-hybridized carbons (Fsp3) is 0.529. The Morgan fingerprint density at radius 2 is 2.15 bits per heavy atom. The highest BCUT2D eigenvalue weighted by atomic mass is 16.5. The summed E-state index contributed by atoms with van der Waals surface area (Å²) in [7, 11) is 0. The van der Waals surface area contributed by atoms with Gasteiger partial charge in [0, 0.05) is 37.8 Å². The summed E-state index contributed by atoms with van der Waals surface area (Å²) >= 11 is 0. The number of aryl methyl sites for hydroxylation is 1. The van der Waals surface area contributed by atoms with Crippen LogP contribution in [0.1, 0.15) is 16.1 Å². The van der Waals surface area contributed by atoms with Crippen LogP contribution >= 0.6 is 0 Å². The van der Waals surface area contributed by atoms with E-state index in [1.807, 2.05) is 16.7 Å². The lowest BCUT2D eigenvalue weighted by Gasteiger charge is -2.30. The maximum absolute atomic E-state index is 13.3.